The first-order chi connectivity index (χ1) is 17.1. The number of pyridine rings is 1. The van der Waals surface area contributed by atoms with Crippen molar-refractivity contribution in [3.63, 3.8) is 0 Å². The Balaban J connectivity index is 1.17. The number of hydrogen-bond acceptors (Lipinski definition) is 5. The summed E-state index contributed by atoms with van der Waals surface area (Å²) in [6.07, 6.45) is 13.2. The van der Waals surface area contributed by atoms with Crippen LogP contribution in [0.1, 0.15) is 29.6 Å². The van der Waals surface area contributed by atoms with Crippen LogP contribution in [-0.4, -0.2) is 39.6 Å². The number of fused-ring (bicyclic) bond motifs is 1. The summed E-state index contributed by atoms with van der Waals surface area (Å²) in [5.41, 5.74) is 5.89. The molecule has 2 heterocycles. The van der Waals surface area contributed by atoms with E-state index in [1.807, 2.05) is 77.7 Å². The standard InChI is InChI=1S/C29H27N3O2S/c33-28(32-19-16-29(34,17-20-32)21-22-7-3-1-2-4-8-22)24-12-14-25(15-13-24)31-35-26-11-5-9-23-10-6-18-30-27(23)26/h1-3,5-15,18,31,34H,16-17,19-21H2. The summed E-state index contributed by atoms with van der Waals surface area (Å²) in [6.45, 7) is 1.09. The van der Waals surface area contributed by atoms with E-state index in [0.29, 0.717) is 37.9 Å². The number of benzene rings is 2. The van der Waals surface area contributed by atoms with Crippen molar-refractivity contribution in [2.45, 2.75) is 29.8 Å². The summed E-state index contributed by atoms with van der Waals surface area (Å²) >= 11 is 1.51. The minimum Gasteiger partial charge on any atom is -0.389 e. The van der Waals surface area contributed by atoms with E-state index < -0.39 is 5.60 Å². The summed E-state index contributed by atoms with van der Waals surface area (Å²) in [4.78, 5) is 20.4. The number of aliphatic hydroxyl groups is 1. The van der Waals surface area contributed by atoms with Gasteiger partial charge < -0.3 is 14.7 Å². The molecule has 0 saturated carbocycles. The lowest BCUT2D eigenvalue weighted by molar-refractivity contribution is -0.0156. The zero-order valence-corrected chi connectivity index (χ0v) is 20.2. The number of amides is 1. The maximum absolute atomic E-state index is 13.1. The van der Waals surface area contributed by atoms with Crippen LogP contribution in [0.15, 0.2) is 107 Å². The van der Waals surface area contributed by atoms with Gasteiger partial charge in [-0.25, -0.2) is 0 Å². The smallest absolute Gasteiger partial charge is 0.253 e. The highest BCUT2D eigenvalue weighted by Gasteiger charge is 2.34. The normalized spacial score (nSPS) is 16.7. The Kier molecular flexibility index (Phi) is 6.87. The van der Waals surface area contributed by atoms with Gasteiger partial charge in [0.25, 0.3) is 5.91 Å². The van der Waals surface area contributed by atoms with Crippen molar-refractivity contribution >= 4 is 34.4 Å². The molecular formula is C29H27N3O2S. The number of carbonyl (C=O) groups is 1. The van der Waals surface area contributed by atoms with Gasteiger partial charge in [-0.05, 0) is 78.9 Å². The highest BCUT2D eigenvalue weighted by atomic mass is 32.2. The molecule has 2 aliphatic rings. The number of carbonyl (C=O) groups excluding carboxylic acids is 1. The van der Waals surface area contributed by atoms with Crippen molar-refractivity contribution in [1.29, 1.82) is 0 Å². The maximum atomic E-state index is 13.1. The van der Waals surface area contributed by atoms with E-state index in [2.05, 4.69) is 27.6 Å². The van der Waals surface area contributed by atoms with Crippen molar-refractivity contribution in [2.75, 3.05) is 17.8 Å². The van der Waals surface area contributed by atoms with Crippen LogP contribution in [-0.2, 0) is 0 Å². The summed E-state index contributed by atoms with van der Waals surface area (Å²) < 4.78 is 3.35. The molecule has 0 bridgehead atoms. The molecule has 1 amide bonds. The van der Waals surface area contributed by atoms with Crippen LogP contribution in [0.3, 0.4) is 0 Å². The molecule has 1 aliphatic heterocycles. The van der Waals surface area contributed by atoms with Gasteiger partial charge in [-0.3, -0.25) is 9.78 Å². The van der Waals surface area contributed by atoms with Crippen LogP contribution in [0, 0.1) is 0 Å². The number of likely N-dealkylation sites (tertiary alicyclic amines) is 1. The van der Waals surface area contributed by atoms with Gasteiger partial charge in [0.15, 0.2) is 0 Å². The number of allylic oxidation sites excluding steroid dienone is 4. The highest BCUT2D eigenvalue weighted by molar-refractivity contribution is 8.00. The quantitative estimate of drug-likeness (QED) is 0.338. The second-order valence-electron chi connectivity index (χ2n) is 8.91. The minimum atomic E-state index is -0.791. The van der Waals surface area contributed by atoms with Crippen molar-refractivity contribution in [1.82, 2.24) is 9.88 Å². The van der Waals surface area contributed by atoms with Crippen LogP contribution in [0.5, 0.6) is 0 Å². The van der Waals surface area contributed by atoms with Crippen molar-refractivity contribution in [3.8, 4) is 0 Å². The Morgan fingerprint density at radius 2 is 1.89 bits per heavy atom. The molecule has 3 aromatic rings. The Morgan fingerprint density at radius 3 is 2.71 bits per heavy atom. The second-order valence-corrected chi connectivity index (χ2v) is 9.76. The first kappa shape index (κ1) is 23.2. The third kappa shape index (κ3) is 5.57. The molecule has 5 rings (SSSR count). The van der Waals surface area contributed by atoms with Gasteiger partial charge in [-0.15, -0.1) is 5.73 Å². The van der Waals surface area contributed by atoms with Crippen LogP contribution >= 0.6 is 11.9 Å². The third-order valence-corrected chi connectivity index (χ3v) is 7.29. The number of hydrogen-bond donors (Lipinski definition) is 2. The van der Waals surface area contributed by atoms with Gasteiger partial charge in [0.1, 0.15) is 0 Å². The Labute approximate surface area is 209 Å². The van der Waals surface area contributed by atoms with Crippen molar-refractivity contribution in [2.24, 2.45) is 0 Å². The molecule has 1 saturated heterocycles. The molecular weight excluding hydrogens is 454 g/mol. The monoisotopic (exact) mass is 481 g/mol. The van der Waals surface area contributed by atoms with Crippen molar-refractivity contribution < 1.29 is 9.90 Å². The Bertz CT molecular complexity index is 1340. The number of nitrogens with zero attached hydrogens (tertiary/aromatic N) is 2. The molecule has 0 atom stereocenters. The minimum absolute atomic E-state index is 0.00366. The highest BCUT2D eigenvalue weighted by Crippen LogP contribution is 2.31. The fraction of sp³-hybridized carbons (Fsp3) is 0.207. The van der Waals surface area contributed by atoms with E-state index in [9.17, 15) is 9.90 Å². The van der Waals surface area contributed by atoms with Gasteiger partial charge in [0, 0.05) is 42.3 Å². The van der Waals surface area contributed by atoms with E-state index in [1.54, 1.807) is 6.20 Å². The average molecular weight is 482 g/mol. The summed E-state index contributed by atoms with van der Waals surface area (Å²) in [5, 5.41) is 12.2. The van der Waals surface area contributed by atoms with E-state index in [4.69, 9.17) is 0 Å². The Hall–Kier alpha value is -3.57. The predicted molar refractivity (Wildman–Crippen MR) is 142 cm³/mol. The zero-order valence-electron chi connectivity index (χ0n) is 19.4. The average Bonchev–Trinajstić information content (AvgIpc) is 3.16. The lowest BCUT2D eigenvalue weighted by atomic mass is 9.85. The van der Waals surface area contributed by atoms with Gasteiger partial charge in [-0.2, -0.15) is 0 Å². The fourth-order valence-electron chi connectivity index (χ4n) is 4.42. The lowest BCUT2D eigenvalue weighted by Crippen LogP contribution is -2.46. The van der Waals surface area contributed by atoms with Gasteiger partial charge in [0.2, 0.25) is 0 Å². The zero-order chi connectivity index (χ0) is 24.1. The van der Waals surface area contributed by atoms with Crippen molar-refractivity contribution in [3.05, 3.63) is 108 Å². The van der Waals surface area contributed by atoms with Crippen LogP contribution in [0.4, 0.5) is 5.69 Å². The number of aromatic nitrogens is 1. The molecule has 0 unspecified atom stereocenters. The molecule has 2 N–H and O–H groups in total. The third-order valence-electron chi connectivity index (χ3n) is 6.40. The molecule has 0 spiro atoms. The first-order valence-electron chi connectivity index (χ1n) is 11.8. The molecule has 1 aromatic heterocycles. The van der Waals surface area contributed by atoms with Crippen LogP contribution < -0.4 is 4.72 Å². The maximum Gasteiger partial charge on any atom is 0.253 e. The number of rotatable bonds is 6. The molecule has 35 heavy (non-hydrogen) atoms. The Morgan fingerprint density at radius 1 is 1.09 bits per heavy atom. The fourth-order valence-corrected chi connectivity index (χ4v) is 5.20. The number of nitrogens with one attached hydrogen (secondary N) is 1. The topological polar surface area (TPSA) is 65.5 Å². The van der Waals surface area contributed by atoms with E-state index in [1.165, 1.54) is 11.9 Å². The van der Waals surface area contributed by atoms with Gasteiger partial charge in [0.05, 0.1) is 16.0 Å². The molecule has 2 aromatic carbocycles. The second kappa shape index (κ2) is 10.4. The predicted octanol–water partition coefficient (Wildman–Crippen LogP) is 5.92. The molecule has 1 fully saturated rings. The van der Waals surface area contributed by atoms with Crippen LogP contribution in [0.25, 0.3) is 10.9 Å². The van der Waals surface area contributed by atoms with E-state index in [0.717, 1.165) is 27.1 Å². The molecule has 5 nitrogen and oxygen atoms in total. The number of para-hydroxylation sites is 1. The SMILES string of the molecule is O=C(c1ccc(NSc2cccc3cccnc23)cc1)N1CCC(O)(CC2=CC=CC=C=C2)CC1. The molecule has 0 radical (unpaired) electrons. The molecule has 1 aliphatic carbocycles. The van der Waals surface area contributed by atoms with Crippen LogP contribution in [0.2, 0.25) is 0 Å². The lowest BCUT2D eigenvalue weighted by Gasteiger charge is -2.38. The molecule has 176 valence electrons. The molecule has 6 heteroatoms. The summed E-state index contributed by atoms with van der Waals surface area (Å²) in [7, 11) is 0. The van der Waals surface area contributed by atoms with E-state index in [-0.39, 0.29) is 5.91 Å². The first-order valence-corrected chi connectivity index (χ1v) is 12.6. The van der Waals surface area contributed by atoms with Gasteiger partial charge >= 0.3 is 0 Å². The summed E-state index contributed by atoms with van der Waals surface area (Å²) in [6, 6.07) is 17.6. The number of piperidine rings is 1. The summed E-state index contributed by atoms with van der Waals surface area (Å²) in [5.74, 6) is 0.00366. The van der Waals surface area contributed by atoms with E-state index >= 15 is 0 Å². The number of anilines is 1. The van der Waals surface area contributed by atoms with Gasteiger partial charge in [-0.1, -0.05) is 36.4 Å². The largest absolute Gasteiger partial charge is 0.389 e.